The van der Waals surface area contributed by atoms with Gasteiger partial charge in [0.15, 0.2) is 0 Å². The summed E-state index contributed by atoms with van der Waals surface area (Å²) < 4.78 is 10.7. The van der Waals surface area contributed by atoms with Crippen LogP contribution in [0.3, 0.4) is 0 Å². The van der Waals surface area contributed by atoms with Crippen LogP contribution in [0.1, 0.15) is 28.1 Å². The van der Waals surface area contributed by atoms with Crippen molar-refractivity contribution < 1.29 is 13.9 Å². The summed E-state index contributed by atoms with van der Waals surface area (Å²) in [5.74, 6) is 0.439. The summed E-state index contributed by atoms with van der Waals surface area (Å²) in [4.78, 5) is 11.1. The van der Waals surface area contributed by atoms with E-state index in [1.165, 1.54) is 0 Å². The number of nitrogens with one attached hydrogen (secondary N) is 1. The number of primary amides is 1. The number of furan rings is 1. The van der Waals surface area contributed by atoms with Crippen molar-refractivity contribution in [2.24, 2.45) is 5.73 Å². The van der Waals surface area contributed by atoms with Crippen LogP contribution in [0.4, 0.5) is 0 Å². The van der Waals surface area contributed by atoms with Gasteiger partial charge in [-0.3, -0.25) is 4.79 Å². The maximum absolute atomic E-state index is 11.1. The largest absolute Gasteiger partial charge is 0.467 e. The summed E-state index contributed by atoms with van der Waals surface area (Å²) >= 11 is 0. The third kappa shape index (κ3) is 5.41. The van der Waals surface area contributed by atoms with Gasteiger partial charge in [0.1, 0.15) is 12.4 Å². The van der Waals surface area contributed by atoms with Crippen LogP contribution in [-0.2, 0) is 17.9 Å². The van der Waals surface area contributed by atoms with Crippen LogP contribution in [0, 0.1) is 0 Å². The number of carbonyl (C=O) groups is 1. The first-order valence-corrected chi connectivity index (χ1v) is 6.95. The van der Waals surface area contributed by atoms with E-state index in [-0.39, 0.29) is 0 Å². The van der Waals surface area contributed by atoms with E-state index in [1.807, 2.05) is 30.3 Å². The van der Waals surface area contributed by atoms with Gasteiger partial charge in [0.2, 0.25) is 5.91 Å². The van der Waals surface area contributed by atoms with Gasteiger partial charge in [-0.25, -0.2) is 0 Å². The van der Waals surface area contributed by atoms with Gasteiger partial charge in [-0.1, -0.05) is 12.1 Å². The van der Waals surface area contributed by atoms with E-state index in [2.05, 4.69) is 5.32 Å². The maximum Gasteiger partial charge on any atom is 0.248 e. The molecule has 0 unspecified atom stereocenters. The summed E-state index contributed by atoms with van der Waals surface area (Å²) in [5, 5.41) is 3.31. The normalized spacial score (nSPS) is 10.7. The lowest BCUT2D eigenvalue weighted by atomic mass is 10.1. The SMILES string of the molecule is NC(=O)c1cccc(CNCCCOCc2ccco2)c1. The zero-order valence-electron chi connectivity index (χ0n) is 11.9. The van der Waals surface area contributed by atoms with Crippen LogP contribution in [0.15, 0.2) is 47.1 Å². The van der Waals surface area contributed by atoms with Gasteiger partial charge >= 0.3 is 0 Å². The number of amides is 1. The Labute approximate surface area is 124 Å². The van der Waals surface area contributed by atoms with Gasteiger partial charge in [0.25, 0.3) is 0 Å². The summed E-state index contributed by atoms with van der Waals surface area (Å²) in [6.45, 7) is 2.74. The minimum absolute atomic E-state index is 0.400. The third-order valence-corrected chi connectivity index (χ3v) is 3.01. The molecular formula is C16H20N2O3. The molecule has 0 aliphatic heterocycles. The molecule has 0 saturated carbocycles. The Morgan fingerprint density at radius 3 is 2.95 bits per heavy atom. The Bertz CT molecular complexity index is 552. The molecule has 1 aromatic heterocycles. The Hall–Kier alpha value is -2.11. The van der Waals surface area contributed by atoms with Crippen LogP contribution in [-0.4, -0.2) is 19.1 Å². The first-order chi connectivity index (χ1) is 10.3. The molecule has 0 spiro atoms. The van der Waals surface area contributed by atoms with Crippen LogP contribution in [0.5, 0.6) is 0 Å². The van der Waals surface area contributed by atoms with Crippen LogP contribution < -0.4 is 11.1 Å². The number of nitrogens with two attached hydrogens (primary N) is 1. The number of benzene rings is 1. The second kappa shape index (κ2) is 8.24. The highest BCUT2D eigenvalue weighted by Crippen LogP contribution is 2.04. The smallest absolute Gasteiger partial charge is 0.248 e. The summed E-state index contributed by atoms with van der Waals surface area (Å²) in [5.41, 5.74) is 6.83. The van der Waals surface area contributed by atoms with Crippen molar-refractivity contribution in [2.75, 3.05) is 13.2 Å². The summed E-state index contributed by atoms with van der Waals surface area (Å²) in [6, 6.07) is 11.1. The van der Waals surface area contributed by atoms with E-state index in [4.69, 9.17) is 14.9 Å². The third-order valence-electron chi connectivity index (χ3n) is 3.01. The van der Waals surface area contributed by atoms with Crippen LogP contribution >= 0.6 is 0 Å². The van der Waals surface area contributed by atoms with E-state index >= 15 is 0 Å². The lowest BCUT2D eigenvalue weighted by molar-refractivity contribution is 0.1000. The van der Waals surface area contributed by atoms with Crippen molar-refractivity contribution in [2.45, 2.75) is 19.6 Å². The molecule has 0 aliphatic rings. The van der Waals surface area contributed by atoms with Crippen LogP contribution in [0.25, 0.3) is 0 Å². The number of rotatable bonds is 9. The molecular weight excluding hydrogens is 268 g/mol. The molecule has 1 aromatic carbocycles. The highest BCUT2D eigenvalue weighted by Gasteiger charge is 2.01. The second-order valence-corrected chi connectivity index (χ2v) is 4.73. The molecule has 0 atom stereocenters. The van der Waals surface area contributed by atoms with Gasteiger partial charge in [-0.2, -0.15) is 0 Å². The Kier molecular flexibility index (Phi) is 5.99. The second-order valence-electron chi connectivity index (χ2n) is 4.73. The van der Waals surface area contributed by atoms with Crippen molar-refractivity contribution in [3.05, 3.63) is 59.5 Å². The molecule has 2 rings (SSSR count). The Balaban J connectivity index is 1.57. The van der Waals surface area contributed by atoms with E-state index in [0.717, 1.165) is 24.3 Å². The minimum Gasteiger partial charge on any atom is -0.467 e. The predicted octanol–water partition coefficient (Wildman–Crippen LogP) is 2.07. The molecule has 1 amide bonds. The van der Waals surface area contributed by atoms with Crippen LogP contribution in [0.2, 0.25) is 0 Å². The van der Waals surface area contributed by atoms with Gasteiger partial charge in [-0.05, 0) is 42.8 Å². The topological polar surface area (TPSA) is 77.5 Å². The average Bonchev–Trinajstić information content (AvgIpc) is 3.00. The number of hydrogen-bond acceptors (Lipinski definition) is 4. The zero-order valence-corrected chi connectivity index (χ0v) is 11.9. The van der Waals surface area contributed by atoms with Gasteiger partial charge < -0.3 is 20.2 Å². The minimum atomic E-state index is -0.400. The van der Waals surface area contributed by atoms with E-state index in [1.54, 1.807) is 12.3 Å². The van der Waals surface area contributed by atoms with Gasteiger partial charge in [0.05, 0.1) is 6.26 Å². The molecule has 5 heteroatoms. The maximum atomic E-state index is 11.1. The Morgan fingerprint density at radius 1 is 1.29 bits per heavy atom. The summed E-state index contributed by atoms with van der Waals surface area (Å²) in [6.07, 6.45) is 2.55. The highest BCUT2D eigenvalue weighted by atomic mass is 16.5. The van der Waals surface area contributed by atoms with Crippen molar-refractivity contribution in [1.29, 1.82) is 0 Å². The van der Waals surface area contributed by atoms with Crippen molar-refractivity contribution in [3.63, 3.8) is 0 Å². The predicted molar refractivity (Wildman–Crippen MR) is 79.6 cm³/mol. The van der Waals surface area contributed by atoms with Crippen molar-refractivity contribution in [3.8, 4) is 0 Å². The average molecular weight is 288 g/mol. The number of hydrogen-bond donors (Lipinski definition) is 2. The number of ether oxygens (including phenoxy) is 1. The van der Waals surface area contributed by atoms with Gasteiger partial charge in [-0.15, -0.1) is 0 Å². The fraction of sp³-hybridized carbons (Fsp3) is 0.312. The summed E-state index contributed by atoms with van der Waals surface area (Å²) in [7, 11) is 0. The van der Waals surface area contributed by atoms with E-state index < -0.39 is 5.91 Å². The van der Waals surface area contributed by atoms with E-state index in [0.29, 0.717) is 25.3 Å². The fourth-order valence-electron chi connectivity index (χ4n) is 1.93. The molecule has 3 N–H and O–H groups in total. The van der Waals surface area contributed by atoms with Gasteiger partial charge in [0, 0.05) is 18.7 Å². The van der Waals surface area contributed by atoms with Crippen molar-refractivity contribution in [1.82, 2.24) is 5.32 Å². The first kappa shape index (κ1) is 15.3. The molecule has 5 nitrogen and oxygen atoms in total. The first-order valence-electron chi connectivity index (χ1n) is 6.95. The van der Waals surface area contributed by atoms with E-state index in [9.17, 15) is 4.79 Å². The quantitative estimate of drug-likeness (QED) is 0.692. The molecule has 0 bridgehead atoms. The molecule has 0 aliphatic carbocycles. The molecule has 21 heavy (non-hydrogen) atoms. The monoisotopic (exact) mass is 288 g/mol. The lowest BCUT2D eigenvalue weighted by Gasteiger charge is -2.06. The Morgan fingerprint density at radius 2 is 2.19 bits per heavy atom. The molecule has 1 heterocycles. The molecule has 0 saturated heterocycles. The molecule has 112 valence electrons. The van der Waals surface area contributed by atoms with Crippen molar-refractivity contribution >= 4 is 5.91 Å². The zero-order chi connectivity index (χ0) is 14.9. The fourth-order valence-corrected chi connectivity index (χ4v) is 1.93. The lowest BCUT2D eigenvalue weighted by Crippen LogP contribution is -2.17. The molecule has 2 aromatic rings. The number of carbonyl (C=O) groups excluding carboxylic acids is 1. The molecule has 0 fully saturated rings. The highest BCUT2D eigenvalue weighted by molar-refractivity contribution is 5.92. The standard InChI is InChI=1S/C16H20N2O3/c17-16(19)14-5-1-4-13(10-14)11-18-7-3-8-20-12-15-6-2-9-21-15/h1-2,4-6,9-10,18H,3,7-8,11-12H2,(H2,17,19). The molecule has 0 radical (unpaired) electrons.